The van der Waals surface area contributed by atoms with Crippen molar-refractivity contribution in [3.63, 3.8) is 0 Å². The average Bonchev–Trinajstić information content (AvgIpc) is 2.93. The van der Waals surface area contributed by atoms with Crippen LogP contribution < -0.4 is 10.1 Å². The van der Waals surface area contributed by atoms with E-state index >= 15 is 0 Å². The lowest BCUT2D eigenvalue weighted by Gasteiger charge is -2.29. The van der Waals surface area contributed by atoms with Gasteiger partial charge in [0.1, 0.15) is 5.75 Å². The number of ether oxygens (including phenoxy) is 2. The van der Waals surface area contributed by atoms with Crippen LogP contribution in [0.2, 0.25) is 0 Å². The molecule has 1 saturated heterocycles. The average molecular weight is 276 g/mol. The Balaban J connectivity index is 1.46. The molecular weight excluding hydrogens is 252 g/mol. The van der Waals surface area contributed by atoms with Crippen LogP contribution in [0.4, 0.5) is 0 Å². The maximum absolute atomic E-state index is 5.54. The molecule has 1 aromatic carbocycles. The Kier molecular flexibility index (Phi) is 4.55. The van der Waals surface area contributed by atoms with Crippen LogP contribution in [-0.4, -0.2) is 50.4 Å². The van der Waals surface area contributed by atoms with Gasteiger partial charge in [0.25, 0.3) is 0 Å². The Morgan fingerprint density at radius 1 is 1.25 bits per heavy atom. The van der Waals surface area contributed by atoms with E-state index in [0.29, 0.717) is 6.04 Å². The molecule has 2 aliphatic heterocycles. The Morgan fingerprint density at radius 3 is 2.95 bits per heavy atom. The van der Waals surface area contributed by atoms with Crippen molar-refractivity contribution in [2.75, 3.05) is 39.5 Å². The normalized spacial score (nSPS) is 20.4. The molecule has 0 spiro atoms. The third-order valence-corrected chi connectivity index (χ3v) is 4.04. The Hall–Kier alpha value is -1.10. The van der Waals surface area contributed by atoms with Gasteiger partial charge in [-0.1, -0.05) is 12.1 Å². The fraction of sp³-hybridized carbons (Fsp3) is 0.625. The topological polar surface area (TPSA) is 33.7 Å². The van der Waals surface area contributed by atoms with Crippen molar-refractivity contribution in [2.24, 2.45) is 0 Å². The summed E-state index contributed by atoms with van der Waals surface area (Å²) in [6, 6.07) is 7.04. The minimum Gasteiger partial charge on any atom is -0.493 e. The van der Waals surface area contributed by atoms with Crippen LogP contribution in [0.5, 0.6) is 5.75 Å². The highest BCUT2D eigenvalue weighted by atomic mass is 16.5. The lowest BCUT2D eigenvalue weighted by molar-refractivity contribution is 0.0343. The summed E-state index contributed by atoms with van der Waals surface area (Å²) in [6.07, 6.45) is 1.05. The van der Waals surface area contributed by atoms with Gasteiger partial charge in [-0.25, -0.2) is 0 Å². The predicted molar refractivity (Wildman–Crippen MR) is 79.2 cm³/mol. The quantitative estimate of drug-likeness (QED) is 0.882. The monoisotopic (exact) mass is 276 g/mol. The second-order valence-corrected chi connectivity index (χ2v) is 5.74. The molecule has 4 nitrogen and oxygen atoms in total. The van der Waals surface area contributed by atoms with E-state index in [2.05, 4.69) is 35.3 Å². The summed E-state index contributed by atoms with van der Waals surface area (Å²) in [5.41, 5.74) is 2.70. The zero-order valence-corrected chi connectivity index (χ0v) is 12.2. The summed E-state index contributed by atoms with van der Waals surface area (Å²) in [4.78, 5) is 2.47. The third-order valence-electron chi connectivity index (χ3n) is 4.04. The van der Waals surface area contributed by atoms with Gasteiger partial charge < -0.3 is 14.8 Å². The van der Waals surface area contributed by atoms with E-state index in [0.717, 1.165) is 58.2 Å². The molecule has 0 saturated carbocycles. The Morgan fingerprint density at radius 2 is 2.10 bits per heavy atom. The van der Waals surface area contributed by atoms with Crippen LogP contribution >= 0.6 is 0 Å². The van der Waals surface area contributed by atoms with E-state index in [9.17, 15) is 0 Å². The Bertz CT molecular complexity index is 444. The highest BCUT2D eigenvalue weighted by Gasteiger charge is 2.14. The van der Waals surface area contributed by atoms with E-state index in [1.807, 2.05) is 0 Å². The van der Waals surface area contributed by atoms with Gasteiger partial charge in [-0.05, 0) is 24.1 Å². The highest BCUT2D eigenvalue weighted by molar-refractivity contribution is 5.39. The molecule has 2 aliphatic rings. The van der Waals surface area contributed by atoms with Crippen molar-refractivity contribution in [2.45, 2.75) is 25.9 Å². The third kappa shape index (κ3) is 3.51. The summed E-state index contributed by atoms with van der Waals surface area (Å²) in [5, 5.41) is 3.61. The molecular formula is C16H24N2O2. The number of nitrogens with one attached hydrogen (secondary N) is 1. The number of nitrogens with zero attached hydrogens (tertiary/aromatic N) is 1. The fourth-order valence-electron chi connectivity index (χ4n) is 2.88. The smallest absolute Gasteiger partial charge is 0.122 e. The van der Waals surface area contributed by atoms with Crippen molar-refractivity contribution < 1.29 is 9.47 Å². The van der Waals surface area contributed by atoms with Gasteiger partial charge >= 0.3 is 0 Å². The zero-order chi connectivity index (χ0) is 13.8. The second kappa shape index (κ2) is 6.57. The van der Waals surface area contributed by atoms with Gasteiger partial charge in [-0.15, -0.1) is 0 Å². The number of morpholine rings is 1. The maximum Gasteiger partial charge on any atom is 0.122 e. The second-order valence-electron chi connectivity index (χ2n) is 5.74. The molecule has 1 aromatic rings. The first-order valence-electron chi connectivity index (χ1n) is 7.59. The summed E-state index contributed by atoms with van der Waals surface area (Å²) in [5.74, 6) is 1.06. The van der Waals surface area contributed by atoms with Gasteiger partial charge in [0.2, 0.25) is 0 Å². The van der Waals surface area contributed by atoms with Crippen LogP contribution in [-0.2, 0) is 17.7 Å². The molecule has 0 radical (unpaired) electrons. The van der Waals surface area contributed by atoms with E-state index in [-0.39, 0.29) is 0 Å². The molecule has 1 N–H and O–H groups in total. The number of hydrogen-bond donors (Lipinski definition) is 1. The summed E-state index contributed by atoms with van der Waals surface area (Å²) in [6.45, 7) is 8.97. The fourth-order valence-corrected chi connectivity index (χ4v) is 2.88. The van der Waals surface area contributed by atoms with Crippen molar-refractivity contribution in [1.29, 1.82) is 0 Å². The molecule has 0 bridgehead atoms. The number of hydrogen-bond acceptors (Lipinski definition) is 4. The number of fused-ring (bicyclic) bond motifs is 1. The van der Waals surface area contributed by atoms with E-state index in [4.69, 9.17) is 9.47 Å². The molecule has 3 rings (SSSR count). The SMILES string of the molecule is CC(CN1CCOCC1)NCc1ccc2c(c1)CCO2. The molecule has 0 aromatic heterocycles. The lowest BCUT2D eigenvalue weighted by atomic mass is 10.1. The van der Waals surface area contributed by atoms with E-state index < -0.39 is 0 Å². The van der Waals surface area contributed by atoms with Crippen molar-refractivity contribution in [3.05, 3.63) is 29.3 Å². The van der Waals surface area contributed by atoms with Crippen LogP contribution in [0.1, 0.15) is 18.1 Å². The first kappa shape index (κ1) is 13.9. The van der Waals surface area contributed by atoms with Crippen molar-refractivity contribution in [1.82, 2.24) is 10.2 Å². The lowest BCUT2D eigenvalue weighted by Crippen LogP contribution is -2.44. The maximum atomic E-state index is 5.54. The highest BCUT2D eigenvalue weighted by Crippen LogP contribution is 2.25. The number of benzene rings is 1. The summed E-state index contributed by atoms with van der Waals surface area (Å²) in [7, 11) is 0. The van der Waals surface area contributed by atoms with Crippen molar-refractivity contribution >= 4 is 0 Å². The molecule has 2 heterocycles. The largest absolute Gasteiger partial charge is 0.493 e. The minimum atomic E-state index is 0.498. The van der Waals surface area contributed by atoms with Gasteiger partial charge in [-0.3, -0.25) is 4.90 Å². The minimum absolute atomic E-state index is 0.498. The van der Waals surface area contributed by atoms with E-state index in [1.165, 1.54) is 11.1 Å². The predicted octanol–water partition coefficient (Wildman–Crippen LogP) is 1.43. The Labute approximate surface area is 121 Å². The molecule has 1 fully saturated rings. The van der Waals surface area contributed by atoms with Crippen LogP contribution in [0.3, 0.4) is 0 Å². The molecule has 110 valence electrons. The standard InChI is InChI=1S/C16H24N2O2/c1-13(12-18-5-8-19-9-6-18)17-11-14-2-3-16-15(10-14)4-7-20-16/h2-3,10,13,17H,4-9,11-12H2,1H3. The van der Waals surface area contributed by atoms with Crippen LogP contribution in [0.25, 0.3) is 0 Å². The first-order valence-corrected chi connectivity index (χ1v) is 7.59. The number of rotatable bonds is 5. The summed E-state index contributed by atoms with van der Waals surface area (Å²) < 4.78 is 10.9. The molecule has 20 heavy (non-hydrogen) atoms. The van der Waals surface area contributed by atoms with Gasteiger partial charge in [0.15, 0.2) is 0 Å². The molecule has 4 heteroatoms. The molecule has 1 unspecified atom stereocenters. The zero-order valence-electron chi connectivity index (χ0n) is 12.2. The molecule has 1 atom stereocenters. The van der Waals surface area contributed by atoms with Gasteiger partial charge in [-0.2, -0.15) is 0 Å². The van der Waals surface area contributed by atoms with Crippen LogP contribution in [0, 0.1) is 0 Å². The van der Waals surface area contributed by atoms with Gasteiger partial charge in [0, 0.05) is 38.6 Å². The van der Waals surface area contributed by atoms with Gasteiger partial charge in [0.05, 0.1) is 19.8 Å². The first-order chi connectivity index (χ1) is 9.81. The summed E-state index contributed by atoms with van der Waals surface area (Å²) >= 11 is 0. The molecule has 0 amide bonds. The van der Waals surface area contributed by atoms with E-state index in [1.54, 1.807) is 0 Å². The van der Waals surface area contributed by atoms with Crippen molar-refractivity contribution in [3.8, 4) is 5.75 Å². The molecule has 0 aliphatic carbocycles. The van der Waals surface area contributed by atoms with Crippen LogP contribution in [0.15, 0.2) is 18.2 Å².